The Morgan fingerprint density at radius 1 is 0.917 bits per heavy atom. The predicted octanol–water partition coefficient (Wildman–Crippen LogP) is 6.64. The predicted molar refractivity (Wildman–Crippen MR) is 145 cm³/mol. The maximum atomic E-state index is 12.6. The Balaban J connectivity index is 1.72. The number of benzene rings is 3. The molecule has 190 valence electrons. The molecule has 0 saturated heterocycles. The molecule has 0 saturated carbocycles. The fraction of sp³-hybridized carbons (Fsp3) is 0.259. The zero-order valence-electron chi connectivity index (χ0n) is 20.3. The summed E-state index contributed by atoms with van der Waals surface area (Å²) in [6.07, 6.45) is 1.53. The normalized spacial score (nSPS) is 10.8. The van der Waals surface area contributed by atoms with Crippen LogP contribution in [0.25, 0.3) is 0 Å². The van der Waals surface area contributed by atoms with Gasteiger partial charge in [-0.25, -0.2) is 5.43 Å². The molecule has 3 aromatic carbocycles. The molecule has 0 bridgehead atoms. The van der Waals surface area contributed by atoms with Gasteiger partial charge >= 0.3 is 0 Å². The van der Waals surface area contributed by atoms with E-state index in [0.29, 0.717) is 63.4 Å². The number of amides is 1. The Hall–Kier alpha value is -3.23. The van der Waals surface area contributed by atoms with Crippen molar-refractivity contribution in [1.82, 2.24) is 5.43 Å². The van der Waals surface area contributed by atoms with Gasteiger partial charge in [0.05, 0.1) is 30.5 Å². The van der Waals surface area contributed by atoms with Crippen LogP contribution in [0.4, 0.5) is 0 Å². The molecule has 7 nitrogen and oxygen atoms in total. The summed E-state index contributed by atoms with van der Waals surface area (Å²) in [5.74, 6) is 1.81. The van der Waals surface area contributed by atoms with Crippen molar-refractivity contribution in [3.8, 4) is 23.0 Å². The molecule has 0 spiro atoms. The van der Waals surface area contributed by atoms with Gasteiger partial charge in [-0.15, -0.1) is 0 Å². The largest absolute Gasteiger partial charge is 0.490 e. The highest BCUT2D eigenvalue weighted by Gasteiger charge is 2.14. The zero-order chi connectivity index (χ0) is 25.9. The minimum atomic E-state index is -0.376. The highest BCUT2D eigenvalue weighted by molar-refractivity contribution is 9.10. The van der Waals surface area contributed by atoms with E-state index in [4.69, 9.17) is 30.5 Å². The number of hydrogen-bond donors (Lipinski definition) is 1. The number of carbonyl (C=O) groups excluding carboxylic acids is 1. The van der Waals surface area contributed by atoms with E-state index in [2.05, 4.69) is 26.5 Å². The molecule has 0 aromatic heterocycles. The summed E-state index contributed by atoms with van der Waals surface area (Å²) in [6, 6.07) is 16.1. The highest BCUT2D eigenvalue weighted by Crippen LogP contribution is 2.37. The van der Waals surface area contributed by atoms with E-state index in [1.165, 1.54) is 6.21 Å². The Morgan fingerprint density at radius 2 is 1.61 bits per heavy atom. The number of halogens is 2. The van der Waals surface area contributed by atoms with Crippen LogP contribution in [0, 0.1) is 0 Å². The van der Waals surface area contributed by atoms with Crippen LogP contribution < -0.4 is 24.4 Å². The molecule has 0 atom stereocenters. The summed E-state index contributed by atoms with van der Waals surface area (Å²) < 4.78 is 23.6. The second kappa shape index (κ2) is 13.8. The summed E-state index contributed by atoms with van der Waals surface area (Å²) in [5.41, 5.74) is 4.51. The second-order valence-corrected chi connectivity index (χ2v) is 8.63. The Bertz CT molecular complexity index is 1220. The van der Waals surface area contributed by atoms with Crippen LogP contribution in [0.15, 0.2) is 64.2 Å². The number of carbonyl (C=O) groups is 1. The van der Waals surface area contributed by atoms with Crippen molar-refractivity contribution in [2.45, 2.75) is 27.4 Å². The van der Waals surface area contributed by atoms with Gasteiger partial charge in [0.25, 0.3) is 5.91 Å². The minimum Gasteiger partial charge on any atom is -0.490 e. The van der Waals surface area contributed by atoms with Gasteiger partial charge < -0.3 is 18.9 Å². The van der Waals surface area contributed by atoms with E-state index in [-0.39, 0.29) is 12.5 Å². The summed E-state index contributed by atoms with van der Waals surface area (Å²) in [7, 11) is 0. The SMILES string of the molecule is CCOc1ccc(C(=O)N/N=C/c2cc(Br)c(OCc3ccccc3Cl)c(OCC)c2)cc1OCC. The van der Waals surface area contributed by atoms with Gasteiger partial charge in [-0.3, -0.25) is 4.79 Å². The Labute approximate surface area is 224 Å². The number of nitrogens with zero attached hydrogens (tertiary/aromatic N) is 1. The van der Waals surface area contributed by atoms with Gasteiger partial charge in [0.1, 0.15) is 6.61 Å². The van der Waals surface area contributed by atoms with Gasteiger partial charge in [0.15, 0.2) is 23.0 Å². The lowest BCUT2D eigenvalue weighted by atomic mass is 10.2. The van der Waals surface area contributed by atoms with E-state index in [0.717, 1.165) is 5.56 Å². The lowest BCUT2D eigenvalue weighted by Crippen LogP contribution is -2.17. The number of nitrogens with one attached hydrogen (secondary N) is 1. The van der Waals surface area contributed by atoms with E-state index in [1.54, 1.807) is 24.3 Å². The van der Waals surface area contributed by atoms with Crippen molar-refractivity contribution in [3.63, 3.8) is 0 Å². The number of hydrogen-bond acceptors (Lipinski definition) is 6. The maximum absolute atomic E-state index is 12.6. The molecule has 0 unspecified atom stereocenters. The fourth-order valence-corrected chi connectivity index (χ4v) is 4.02. The number of hydrazone groups is 1. The third-order valence-electron chi connectivity index (χ3n) is 4.85. The average molecular weight is 576 g/mol. The quantitative estimate of drug-likeness (QED) is 0.193. The van der Waals surface area contributed by atoms with Crippen molar-refractivity contribution in [2.75, 3.05) is 19.8 Å². The molecule has 0 radical (unpaired) electrons. The highest BCUT2D eigenvalue weighted by atomic mass is 79.9. The van der Waals surface area contributed by atoms with Crippen LogP contribution in [0.1, 0.15) is 42.3 Å². The minimum absolute atomic E-state index is 0.285. The molecule has 9 heteroatoms. The molecule has 0 heterocycles. The summed E-state index contributed by atoms with van der Waals surface area (Å²) >= 11 is 9.79. The third-order valence-corrected chi connectivity index (χ3v) is 5.80. The van der Waals surface area contributed by atoms with E-state index < -0.39 is 0 Å². The van der Waals surface area contributed by atoms with Gasteiger partial charge in [-0.05, 0) is 78.7 Å². The fourth-order valence-electron chi connectivity index (χ4n) is 3.25. The zero-order valence-corrected chi connectivity index (χ0v) is 22.7. The number of rotatable bonds is 12. The van der Waals surface area contributed by atoms with Crippen molar-refractivity contribution in [1.29, 1.82) is 0 Å². The molecule has 0 aliphatic rings. The maximum Gasteiger partial charge on any atom is 0.271 e. The van der Waals surface area contributed by atoms with Crippen LogP contribution in [-0.4, -0.2) is 31.9 Å². The molecule has 1 amide bonds. The number of ether oxygens (including phenoxy) is 4. The Kier molecular flexibility index (Phi) is 10.5. The summed E-state index contributed by atoms with van der Waals surface area (Å²) in [5, 5.41) is 4.73. The molecular formula is C27H28BrClN2O5. The molecule has 3 rings (SSSR count). The van der Waals surface area contributed by atoms with Gasteiger partial charge in [-0.1, -0.05) is 29.8 Å². The molecule has 1 N–H and O–H groups in total. The van der Waals surface area contributed by atoms with Crippen LogP contribution in [0.5, 0.6) is 23.0 Å². The van der Waals surface area contributed by atoms with E-state index in [1.807, 2.05) is 51.1 Å². The van der Waals surface area contributed by atoms with Gasteiger partial charge in [0.2, 0.25) is 0 Å². The van der Waals surface area contributed by atoms with Crippen LogP contribution in [-0.2, 0) is 6.61 Å². The van der Waals surface area contributed by atoms with Crippen molar-refractivity contribution in [3.05, 3.63) is 80.8 Å². The van der Waals surface area contributed by atoms with Gasteiger partial charge in [-0.2, -0.15) is 5.10 Å². The topological polar surface area (TPSA) is 78.4 Å². The van der Waals surface area contributed by atoms with Crippen molar-refractivity contribution >= 4 is 39.7 Å². The van der Waals surface area contributed by atoms with Gasteiger partial charge in [0, 0.05) is 16.1 Å². The first-order valence-corrected chi connectivity index (χ1v) is 12.7. The molecule has 0 aliphatic heterocycles. The van der Waals surface area contributed by atoms with Crippen LogP contribution in [0.3, 0.4) is 0 Å². The van der Waals surface area contributed by atoms with E-state index >= 15 is 0 Å². The third kappa shape index (κ3) is 7.38. The average Bonchev–Trinajstić information content (AvgIpc) is 2.86. The monoisotopic (exact) mass is 574 g/mol. The summed E-state index contributed by atoms with van der Waals surface area (Å²) in [4.78, 5) is 12.6. The molecule has 0 fully saturated rings. The smallest absolute Gasteiger partial charge is 0.271 e. The summed E-state index contributed by atoms with van der Waals surface area (Å²) in [6.45, 7) is 7.34. The van der Waals surface area contributed by atoms with Crippen molar-refractivity contribution in [2.24, 2.45) is 5.10 Å². The first-order valence-electron chi connectivity index (χ1n) is 11.5. The lowest BCUT2D eigenvalue weighted by molar-refractivity contribution is 0.0954. The molecule has 0 aliphatic carbocycles. The lowest BCUT2D eigenvalue weighted by Gasteiger charge is -2.15. The second-order valence-electron chi connectivity index (χ2n) is 7.37. The Morgan fingerprint density at radius 3 is 2.33 bits per heavy atom. The first kappa shape index (κ1) is 27.4. The van der Waals surface area contributed by atoms with Crippen LogP contribution >= 0.6 is 27.5 Å². The van der Waals surface area contributed by atoms with E-state index in [9.17, 15) is 4.79 Å². The first-order chi connectivity index (χ1) is 17.5. The van der Waals surface area contributed by atoms with Crippen LogP contribution in [0.2, 0.25) is 5.02 Å². The molecule has 3 aromatic rings. The molecule has 36 heavy (non-hydrogen) atoms. The molecular weight excluding hydrogens is 548 g/mol. The standard InChI is InChI=1S/C27H28BrClN2O5/c1-4-33-23-12-11-19(15-24(23)34-5-2)27(32)31-30-16-18-13-21(28)26(25(14-18)35-6-3)36-17-20-9-7-8-10-22(20)29/h7-16H,4-6,17H2,1-3H3,(H,31,32)/b30-16+. The van der Waals surface area contributed by atoms with Crippen molar-refractivity contribution < 1.29 is 23.7 Å².